The fourth-order valence-corrected chi connectivity index (χ4v) is 8.20. The first-order valence-electron chi connectivity index (χ1n) is 18.0. The molecule has 0 spiro atoms. The molecular formula is C39H44N8O6S. The highest BCUT2D eigenvalue weighted by Gasteiger charge is 2.42. The number of thiazole rings is 1. The number of aliphatic hydroxyl groups is 1. The molecule has 282 valence electrons. The second kappa shape index (κ2) is 14.8. The summed E-state index contributed by atoms with van der Waals surface area (Å²) >= 11 is 1.26. The van der Waals surface area contributed by atoms with Gasteiger partial charge in [-0.05, 0) is 63.8 Å². The van der Waals surface area contributed by atoms with Gasteiger partial charge in [0.25, 0.3) is 11.5 Å². The van der Waals surface area contributed by atoms with Gasteiger partial charge in [-0.25, -0.2) is 19.7 Å². The monoisotopic (exact) mass is 752 g/mol. The molecule has 4 aromatic heterocycles. The van der Waals surface area contributed by atoms with E-state index in [9.17, 15) is 24.3 Å². The number of amides is 3. The quantitative estimate of drug-likeness (QED) is 0.235. The SMILES string of the molecule is Cn1ccc2c(=O)n(CC3(O)CCN(C(=O)[C@@H]4CCN(C(=O)c5cnc(-c6ccnc(NC(=O)OC(C)(C)C)c6)s5)C[C@H]4c4ccccc4)CC3)cnc21. The van der Waals surface area contributed by atoms with E-state index in [1.54, 1.807) is 67.0 Å². The Balaban J connectivity index is 1.01. The maximum Gasteiger partial charge on any atom is 0.413 e. The van der Waals surface area contributed by atoms with Crippen LogP contribution >= 0.6 is 11.3 Å². The van der Waals surface area contributed by atoms with Crippen LogP contribution in [-0.2, 0) is 23.1 Å². The number of nitrogens with one attached hydrogen (secondary N) is 1. The van der Waals surface area contributed by atoms with Gasteiger partial charge < -0.3 is 24.2 Å². The summed E-state index contributed by atoms with van der Waals surface area (Å²) in [5.74, 6) is -0.420. The van der Waals surface area contributed by atoms with Gasteiger partial charge in [-0.3, -0.25) is 24.3 Å². The summed E-state index contributed by atoms with van der Waals surface area (Å²) in [6.07, 6.45) is 6.91. The van der Waals surface area contributed by atoms with Crippen molar-refractivity contribution in [3.63, 3.8) is 0 Å². The molecule has 2 fully saturated rings. The van der Waals surface area contributed by atoms with Crippen molar-refractivity contribution in [2.75, 3.05) is 31.5 Å². The number of carbonyl (C=O) groups is 3. The van der Waals surface area contributed by atoms with E-state index >= 15 is 0 Å². The number of hydrogen-bond donors (Lipinski definition) is 2. The molecule has 54 heavy (non-hydrogen) atoms. The third-order valence-corrected chi connectivity index (χ3v) is 11.2. The molecule has 3 amide bonds. The number of anilines is 1. The molecule has 5 aromatic rings. The number of fused-ring (bicyclic) bond motifs is 1. The minimum atomic E-state index is -1.15. The molecule has 7 rings (SSSR count). The van der Waals surface area contributed by atoms with Crippen molar-refractivity contribution in [1.29, 1.82) is 0 Å². The van der Waals surface area contributed by atoms with Crippen LogP contribution in [0, 0.1) is 5.92 Å². The average Bonchev–Trinajstić information content (AvgIpc) is 3.80. The number of hydrogen-bond acceptors (Lipinski definition) is 10. The highest BCUT2D eigenvalue weighted by Crippen LogP contribution is 2.37. The Morgan fingerprint density at radius 1 is 1.02 bits per heavy atom. The van der Waals surface area contributed by atoms with Crippen LogP contribution in [-0.4, -0.2) is 94.3 Å². The zero-order valence-electron chi connectivity index (χ0n) is 30.8. The van der Waals surface area contributed by atoms with Crippen LogP contribution in [0.4, 0.5) is 10.6 Å². The van der Waals surface area contributed by atoms with Crippen molar-refractivity contribution >= 4 is 46.1 Å². The van der Waals surface area contributed by atoms with Crippen molar-refractivity contribution in [3.05, 3.63) is 94.2 Å². The molecule has 1 aromatic carbocycles. The normalized spacial score (nSPS) is 18.8. The van der Waals surface area contributed by atoms with E-state index < -0.39 is 17.3 Å². The topological polar surface area (TPSA) is 165 Å². The van der Waals surface area contributed by atoms with E-state index in [0.29, 0.717) is 77.7 Å². The van der Waals surface area contributed by atoms with Gasteiger partial charge in [0, 0.05) is 63.0 Å². The van der Waals surface area contributed by atoms with Gasteiger partial charge in [0.2, 0.25) is 5.91 Å². The lowest BCUT2D eigenvalue weighted by molar-refractivity contribution is -0.142. The predicted molar refractivity (Wildman–Crippen MR) is 204 cm³/mol. The molecule has 0 unspecified atom stereocenters. The van der Waals surface area contributed by atoms with Crippen LogP contribution in [0.2, 0.25) is 0 Å². The second-order valence-electron chi connectivity index (χ2n) is 15.1. The number of nitrogens with zero attached hydrogens (tertiary/aromatic N) is 7. The fraction of sp³-hybridized carbons (Fsp3) is 0.410. The summed E-state index contributed by atoms with van der Waals surface area (Å²) in [4.78, 5) is 70.7. The van der Waals surface area contributed by atoms with E-state index in [1.165, 1.54) is 22.2 Å². The number of benzene rings is 1. The second-order valence-corrected chi connectivity index (χ2v) is 16.2. The first-order chi connectivity index (χ1) is 25.8. The number of aryl methyl sites for hydroxylation is 1. The molecule has 2 saturated heterocycles. The molecule has 0 radical (unpaired) electrons. The van der Waals surface area contributed by atoms with Crippen LogP contribution < -0.4 is 10.9 Å². The van der Waals surface area contributed by atoms with Gasteiger partial charge in [-0.1, -0.05) is 30.3 Å². The van der Waals surface area contributed by atoms with E-state index in [4.69, 9.17) is 4.74 Å². The van der Waals surface area contributed by atoms with Gasteiger partial charge in [-0.15, -0.1) is 11.3 Å². The van der Waals surface area contributed by atoms with Crippen molar-refractivity contribution in [1.82, 2.24) is 33.9 Å². The van der Waals surface area contributed by atoms with Crippen LogP contribution in [0.15, 0.2) is 78.2 Å². The summed E-state index contributed by atoms with van der Waals surface area (Å²) in [5, 5.41) is 15.3. The lowest BCUT2D eigenvalue weighted by Gasteiger charge is -2.43. The molecule has 0 bridgehead atoms. The largest absolute Gasteiger partial charge is 0.444 e. The van der Waals surface area contributed by atoms with Gasteiger partial charge >= 0.3 is 6.09 Å². The van der Waals surface area contributed by atoms with Crippen molar-refractivity contribution < 1.29 is 24.2 Å². The van der Waals surface area contributed by atoms with E-state index in [0.717, 1.165) is 5.56 Å². The standard InChI is InChI=1S/C39H44N8O6S/c1-38(2,3)53-37(51)43-31-20-26(10-15-40-31)33-41-21-30(54-33)36(50)46-17-12-27(29(22-46)25-8-6-5-7-9-25)34(48)45-18-13-39(52,14-19-45)23-47-24-42-32-28(35(47)49)11-16-44(32)4/h5-11,15-16,20-21,24,27,29,52H,12-14,17-19,22-23H2,1-4H3,(H,40,43,51)/t27-,29+/m1/s1. The first-order valence-corrected chi connectivity index (χ1v) is 18.9. The number of rotatable bonds is 7. The van der Waals surface area contributed by atoms with E-state index in [-0.39, 0.29) is 35.8 Å². The number of pyridine rings is 1. The predicted octanol–water partition coefficient (Wildman–Crippen LogP) is 4.90. The Morgan fingerprint density at radius 3 is 2.52 bits per heavy atom. The third kappa shape index (κ3) is 7.92. The third-order valence-electron chi connectivity index (χ3n) is 10.1. The van der Waals surface area contributed by atoms with Crippen LogP contribution in [0.5, 0.6) is 0 Å². The summed E-state index contributed by atoms with van der Waals surface area (Å²) in [6.45, 7) is 6.92. The van der Waals surface area contributed by atoms with Gasteiger partial charge in [-0.2, -0.15) is 0 Å². The van der Waals surface area contributed by atoms with Crippen molar-refractivity contribution in [3.8, 4) is 10.6 Å². The van der Waals surface area contributed by atoms with E-state index in [2.05, 4.69) is 20.3 Å². The molecule has 2 N–H and O–H groups in total. The zero-order chi connectivity index (χ0) is 38.2. The van der Waals surface area contributed by atoms with Crippen molar-refractivity contribution in [2.45, 2.75) is 63.7 Å². The summed E-state index contributed by atoms with van der Waals surface area (Å²) < 4.78 is 8.58. The Labute approximate surface area is 316 Å². The Morgan fingerprint density at radius 2 is 1.78 bits per heavy atom. The smallest absolute Gasteiger partial charge is 0.413 e. The molecule has 6 heterocycles. The highest BCUT2D eigenvalue weighted by atomic mass is 32.1. The average molecular weight is 753 g/mol. The van der Waals surface area contributed by atoms with Crippen LogP contribution in [0.25, 0.3) is 21.6 Å². The lowest BCUT2D eigenvalue weighted by atomic mass is 9.79. The van der Waals surface area contributed by atoms with Gasteiger partial charge in [0.1, 0.15) is 33.3 Å². The first kappa shape index (κ1) is 36.9. The molecule has 2 aliphatic rings. The molecule has 15 heteroatoms. The molecular weight excluding hydrogens is 709 g/mol. The molecule has 0 saturated carbocycles. The zero-order valence-corrected chi connectivity index (χ0v) is 31.6. The van der Waals surface area contributed by atoms with Crippen LogP contribution in [0.3, 0.4) is 0 Å². The maximum absolute atomic E-state index is 14.2. The lowest BCUT2D eigenvalue weighted by Crippen LogP contribution is -2.53. The highest BCUT2D eigenvalue weighted by molar-refractivity contribution is 7.16. The van der Waals surface area contributed by atoms with E-state index in [1.807, 2.05) is 42.3 Å². The summed E-state index contributed by atoms with van der Waals surface area (Å²) in [6, 6.07) is 15.0. The molecule has 2 aliphatic heterocycles. The summed E-state index contributed by atoms with van der Waals surface area (Å²) in [5.41, 5.74) is 0.260. The Hall–Kier alpha value is -5.41. The summed E-state index contributed by atoms with van der Waals surface area (Å²) in [7, 11) is 1.83. The number of piperidine rings is 2. The molecule has 2 atom stereocenters. The molecule has 14 nitrogen and oxygen atoms in total. The maximum atomic E-state index is 14.2. The Kier molecular flexibility index (Phi) is 10.1. The minimum absolute atomic E-state index is 0.0103. The number of carbonyl (C=O) groups excluding carboxylic acids is 3. The fourth-order valence-electron chi connectivity index (χ4n) is 7.32. The van der Waals surface area contributed by atoms with Crippen LogP contribution in [0.1, 0.15) is 61.2 Å². The number of aromatic nitrogens is 5. The minimum Gasteiger partial charge on any atom is -0.444 e. The van der Waals surface area contributed by atoms with Gasteiger partial charge in [0.05, 0.1) is 23.7 Å². The van der Waals surface area contributed by atoms with Gasteiger partial charge in [0.15, 0.2) is 0 Å². The van der Waals surface area contributed by atoms with Crippen molar-refractivity contribution in [2.24, 2.45) is 13.0 Å². The number of ether oxygens (including phenoxy) is 1. The Bertz CT molecular complexity index is 2230. The number of likely N-dealkylation sites (tertiary alicyclic amines) is 2. The molecule has 0 aliphatic carbocycles.